The molecule has 0 saturated heterocycles. The molecule has 5 heteroatoms. The fraction of sp³-hybridized carbons (Fsp3) is 0.154. The summed E-state index contributed by atoms with van der Waals surface area (Å²) in [4.78, 5) is 28.8. The van der Waals surface area contributed by atoms with Gasteiger partial charge in [-0.15, -0.1) is 0 Å². The zero-order chi connectivity index (χ0) is 13.0. The number of ether oxygens (including phenoxy) is 1. The summed E-state index contributed by atoms with van der Waals surface area (Å²) in [6, 6.07) is 8.35. The third-order valence-corrected chi connectivity index (χ3v) is 2.32. The standard InChI is InChI=1S/C13H12N2O3/c1-2-18-11-6-4-3-5-10(11)13-14-9(8-16)7-12(17)15-13/h3-8H,2H2,1H3,(H,14,15,17). The van der Waals surface area contributed by atoms with Crippen molar-refractivity contribution in [3.8, 4) is 17.1 Å². The molecular weight excluding hydrogens is 232 g/mol. The van der Waals surface area contributed by atoms with Gasteiger partial charge in [0.25, 0.3) is 5.56 Å². The maximum Gasteiger partial charge on any atom is 0.251 e. The predicted octanol–water partition coefficient (Wildman–Crippen LogP) is 1.65. The Kier molecular flexibility index (Phi) is 3.52. The Balaban J connectivity index is 2.57. The Labute approximate surface area is 103 Å². The summed E-state index contributed by atoms with van der Waals surface area (Å²) in [6.45, 7) is 2.38. The van der Waals surface area contributed by atoms with Gasteiger partial charge in [-0.2, -0.15) is 0 Å². The first-order valence-electron chi connectivity index (χ1n) is 5.53. The van der Waals surface area contributed by atoms with Crippen molar-refractivity contribution >= 4 is 6.29 Å². The van der Waals surface area contributed by atoms with E-state index in [1.807, 2.05) is 19.1 Å². The highest BCUT2D eigenvalue weighted by Crippen LogP contribution is 2.26. The molecule has 0 fully saturated rings. The molecule has 0 unspecified atom stereocenters. The van der Waals surface area contributed by atoms with Gasteiger partial charge in [0.1, 0.15) is 17.3 Å². The van der Waals surface area contributed by atoms with Crippen molar-refractivity contribution in [3.05, 3.63) is 46.4 Å². The lowest BCUT2D eigenvalue weighted by Crippen LogP contribution is -2.10. The van der Waals surface area contributed by atoms with Crippen LogP contribution in [0.25, 0.3) is 11.4 Å². The molecule has 0 radical (unpaired) electrons. The molecule has 2 aromatic rings. The Morgan fingerprint density at radius 3 is 2.89 bits per heavy atom. The molecule has 0 saturated carbocycles. The highest BCUT2D eigenvalue weighted by molar-refractivity contribution is 5.73. The molecule has 0 atom stereocenters. The van der Waals surface area contributed by atoms with Crippen LogP contribution in [0.4, 0.5) is 0 Å². The summed E-state index contributed by atoms with van der Waals surface area (Å²) >= 11 is 0. The summed E-state index contributed by atoms with van der Waals surface area (Å²) in [5.41, 5.74) is 0.383. The van der Waals surface area contributed by atoms with Crippen molar-refractivity contribution in [2.24, 2.45) is 0 Å². The molecule has 1 heterocycles. The fourth-order valence-corrected chi connectivity index (χ4v) is 1.61. The third-order valence-electron chi connectivity index (χ3n) is 2.32. The average Bonchev–Trinajstić information content (AvgIpc) is 2.39. The summed E-state index contributed by atoms with van der Waals surface area (Å²) in [5, 5.41) is 0. The lowest BCUT2D eigenvalue weighted by atomic mass is 10.2. The predicted molar refractivity (Wildman–Crippen MR) is 66.9 cm³/mol. The van der Waals surface area contributed by atoms with E-state index in [1.54, 1.807) is 12.1 Å². The normalized spacial score (nSPS) is 10.1. The van der Waals surface area contributed by atoms with E-state index >= 15 is 0 Å². The number of H-pyrrole nitrogens is 1. The number of rotatable bonds is 4. The maximum absolute atomic E-state index is 11.4. The molecule has 2 rings (SSSR count). The molecule has 0 aliphatic rings. The maximum atomic E-state index is 11.4. The van der Waals surface area contributed by atoms with Gasteiger partial charge >= 0.3 is 0 Å². The first kappa shape index (κ1) is 12.0. The number of aromatic amines is 1. The summed E-state index contributed by atoms with van der Waals surface area (Å²) in [6.07, 6.45) is 0.544. The van der Waals surface area contributed by atoms with Crippen molar-refractivity contribution in [1.29, 1.82) is 0 Å². The smallest absolute Gasteiger partial charge is 0.251 e. The number of benzene rings is 1. The summed E-state index contributed by atoms with van der Waals surface area (Å²) in [7, 11) is 0. The Morgan fingerprint density at radius 1 is 1.39 bits per heavy atom. The van der Waals surface area contributed by atoms with Crippen LogP contribution in [0, 0.1) is 0 Å². The van der Waals surface area contributed by atoms with E-state index in [-0.39, 0.29) is 11.3 Å². The molecule has 0 spiro atoms. The number of para-hydroxylation sites is 1. The molecule has 92 valence electrons. The molecule has 1 aromatic carbocycles. The molecule has 1 aromatic heterocycles. The molecule has 0 bridgehead atoms. The van der Waals surface area contributed by atoms with E-state index < -0.39 is 0 Å². The second kappa shape index (κ2) is 5.27. The van der Waals surface area contributed by atoms with Gasteiger partial charge in [0.2, 0.25) is 0 Å². The number of aromatic nitrogens is 2. The molecule has 5 nitrogen and oxygen atoms in total. The SMILES string of the molecule is CCOc1ccccc1-c1nc(C=O)cc(=O)[nH]1. The topological polar surface area (TPSA) is 72.0 Å². The number of hydrogen-bond donors (Lipinski definition) is 1. The zero-order valence-corrected chi connectivity index (χ0v) is 9.84. The number of nitrogens with zero attached hydrogens (tertiary/aromatic N) is 1. The highest BCUT2D eigenvalue weighted by atomic mass is 16.5. The number of carbonyl (C=O) groups excluding carboxylic acids is 1. The van der Waals surface area contributed by atoms with Gasteiger partial charge in [-0.25, -0.2) is 4.98 Å². The zero-order valence-electron chi connectivity index (χ0n) is 9.84. The number of aldehydes is 1. The van der Waals surface area contributed by atoms with Crippen LogP contribution in [0.15, 0.2) is 35.1 Å². The van der Waals surface area contributed by atoms with Gasteiger partial charge in [0.15, 0.2) is 6.29 Å². The van der Waals surface area contributed by atoms with Crippen molar-refractivity contribution in [2.75, 3.05) is 6.61 Å². The summed E-state index contributed by atoms with van der Waals surface area (Å²) in [5.74, 6) is 0.944. The minimum Gasteiger partial charge on any atom is -0.493 e. The molecule has 0 aliphatic carbocycles. The molecule has 0 aliphatic heterocycles. The van der Waals surface area contributed by atoms with E-state index in [4.69, 9.17) is 4.74 Å². The van der Waals surface area contributed by atoms with Crippen LogP contribution in [-0.4, -0.2) is 22.9 Å². The second-order valence-electron chi connectivity index (χ2n) is 3.57. The number of hydrogen-bond acceptors (Lipinski definition) is 4. The Morgan fingerprint density at radius 2 is 2.17 bits per heavy atom. The van der Waals surface area contributed by atoms with Crippen LogP contribution in [0.3, 0.4) is 0 Å². The van der Waals surface area contributed by atoms with Crippen molar-refractivity contribution < 1.29 is 9.53 Å². The molecule has 0 amide bonds. The van der Waals surface area contributed by atoms with Crippen LogP contribution in [0.1, 0.15) is 17.4 Å². The minimum atomic E-state index is -0.367. The molecular formula is C13H12N2O3. The number of nitrogens with one attached hydrogen (secondary N) is 1. The lowest BCUT2D eigenvalue weighted by molar-refractivity contribution is 0.111. The van der Waals surface area contributed by atoms with Gasteiger partial charge in [0, 0.05) is 6.07 Å². The number of carbonyl (C=O) groups is 1. The van der Waals surface area contributed by atoms with Gasteiger partial charge in [0.05, 0.1) is 12.2 Å². The first-order chi connectivity index (χ1) is 8.74. The van der Waals surface area contributed by atoms with Gasteiger partial charge in [-0.3, -0.25) is 9.59 Å². The summed E-state index contributed by atoms with van der Waals surface area (Å²) < 4.78 is 5.45. The molecule has 1 N–H and O–H groups in total. The van der Waals surface area contributed by atoms with Crippen molar-refractivity contribution in [2.45, 2.75) is 6.92 Å². The van der Waals surface area contributed by atoms with E-state index in [2.05, 4.69) is 9.97 Å². The quantitative estimate of drug-likeness (QED) is 0.830. The minimum absolute atomic E-state index is 0.0973. The van der Waals surface area contributed by atoms with E-state index in [1.165, 1.54) is 0 Å². The van der Waals surface area contributed by atoms with Crippen LogP contribution < -0.4 is 10.3 Å². The second-order valence-corrected chi connectivity index (χ2v) is 3.57. The monoisotopic (exact) mass is 244 g/mol. The largest absolute Gasteiger partial charge is 0.493 e. The van der Waals surface area contributed by atoms with Gasteiger partial charge in [-0.05, 0) is 19.1 Å². The Bertz CT molecular complexity index is 620. The first-order valence-corrected chi connectivity index (χ1v) is 5.53. The highest BCUT2D eigenvalue weighted by Gasteiger charge is 2.09. The van der Waals surface area contributed by atoms with Crippen molar-refractivity contribution in [1.82, 2.24) is 9.97 Å². The van der Waals surface area contributed by atoms with Gasteiger partial charge in [-0.1, -0.05) is 12.1 Å². The van der Waals surface area contributed by atoms with Gasteiger partial charge < -0.3 is 9.72 Å². The average molecular weight is 244 g/mol. The Hall–Kier alpha value is -2.43. The van der Waals surface area contributed by atoms with Crippen LogP contribution in [0.2, 0.25) is 0 Å². The van der Waals surface area contributed by atoms with E-state index in [0.717, 1.165) is 6.07 Å². The van der Waals surface area contributed by atoms with E-state index in [0.29, 0.717) is 30.0 Å². The van der Waals surface area contributed by atoms with Crippen molar-refractivity contribution in [3.63, 3.8) is 0 Å². The van der Waals surface area contributed by atoms with Crippen LogP contribution >= 0.6 is 0 Å². The fourth-order valence-electron chi connectivity index (χ4n) is 1.61. The van der Waals surface area contributed by atoms with E-state index in [9.17, 15) is 9.59 Å². The van der Waals surface area contributed by atoms with Crippen LogP contribution in [-0.2, 0) is 0 Å². The lowest BCUT2D eigenvalue weighted by Gasteiger charge is -2.09. The van der Waals surface area contributed by atoms with Crippen LogP contribution in [0.5, 0.6) is 5.75 Å². The third kappa shape index (κ3) is 2.45. The molecule has 18 heavy (non-hydrogen) atoms.